The first-order valence-corrected chi connectivity index (χ1v) is 6.67. The van der Waals surface area contributed by atoms with Gasteiger partial charge in [0.05, 0.1) is 16.8 Å². The molecule has 0 saturated heterocycles. The second kappa shape index (κ2) is 5.04. The molecule has 1 aliphatic heterocycles. The van der Waals surface area contributed by atoms with Crippen molar-refractivity contribution in [3.63, 3.8) is 0 Å². The second-order valence-electron chi connectivity index (χ2n) is 4.98. The van der Waals surface area contributed by atoms with Crippen LogP contribution in [0.2, 0.25) is 0 Å². The lowest BCUT2D eigenvalue weighted by Crippen LogP contribution is -2.30. The molecule has 3 rings (SSSR count). The Labute approximate surface area is 126 Å². The summed E-state index contributed by atoms with van der Waals surface area (Å²) in [6, 6.07) is 8.52. The van der Waals surface area contributed by atoms with E-state index in [1.165, 1.54) is 36.4 Å². The molecule has 5 heteroatoms. The number of aromatic hydroxyl groups is 2. The van der Waals surface area contributed by atoms with Gasteiger partial charge >= 0.3 is 0 Å². The SMILES string of the molecule is C=CCc1cc(O)ccc1N1C(=O)c2ccc(O)cc2C1=O. The Balaban J connectivity index is 2.13. The molecule has 0 unspecified atom stereocenters. The van der Waals surface area contributed by atoms with E-state index >= 15 is 0 Å². The molecule has 2 aromatic rings. The van der Waals surface area contributed by atoms with Gasteiger partial charge in [0.2, 0.25) is 0 Å². The maximum atomic E-state index is 12.5. The molecule has 5 nitrogen and oxygen atoms in total. The van der Waals surface area contributed by atoms with E-state index in [1.54, 1.807) is 6.08 Å². The number of phenolic OH excluding ortho intramolecular Hbond substituents is 2. The van der Waals surface area contributed by atoms with Gasteiger partial charge in [-0.1, -0.05) is 6.08 Å². The molecule has 22 heavy (non-hydrogen) atoms. The van der Waals surface area contributed by atoms with E-state index in [4.69, 9.17) is 0 Å². The fourth-order valence-electron chi connectivity index (χ4n) is 2.56. The third kappa shape index (κ3) is 2.03. The number of imide groups is 1. The van der Waals surface area contributed by atoms with Crippen molar-refractivity contribution in [2.45, 2.75) is 6.42 Å². The van der Waals surface area contributed by atoms with Gasteiger partial charge in [0, 0.05) is 0 Å². The van der Waals surface area contributed by atoms with E-state index in [0.717, 1.165) is 4.90 Å². The van der Waals surface area contributed by atoms with Gasteiger partial charge in [-0.2, -0.15) is 0 Å². The summed E-state index contributed by atoms with van der Waals surface area (Å²) in [5.41, 5.74) is 1.44. The van der Waals surface area contributed by atoms with Gasteiger partial charge in [-0.15, -0.1) is 6.58 Å². The number of hydrogen-bond donors (Lipinski definition) is 2. The topological polar surface area (TPSA) is 77.8 Å². The minimum Gasteiger partial charge on any atom is -0.508 e. The lowest BCUT2D eigenvalue weighted by atomic mass is 10.1. The van der Waals surface area contributed by atoms with Crippen LogP contribution in [0.15, 0.2) is 49.1 Å². The largest absolute Gasteiger partial charge is 0.508 e. The van der Waals surface area contributed by atoms with Gasteiger partial charge in [-0.3, -0.25) is 9.59 Å². The first kappa shape index (κ1) is 13.9. The molecule has 0 bridgehead atoms. The number of carbonyl (C=O) groups is 2. The minimum atomic E-state index is -0.494. The van der Waals surface area contributed by atoms with E-state index in [0.29, 0.717) is 17.7 Å². The molecule has 2 N–H and O–H groups in total. The number of allylic oxidation sites excluding steroid dienone is 1. The van der Waals surface area contributed by atoms with Crippen LogP contribution in [0.5, 0.6) is 11.5 Å². The summed E-state index contributed by atoms with van der Waals surface area (Å²) in [5.74, 6) is -0.962. The summed E-state index contributed by atoms with van der Waals surface area (Å²) < 4.78 is 0. The van der Waals surface area contributed by atoms with Crippen LogP contribution in [0.3, 0.4) is 0 Å². The van der Waals surface area contributed by atoms with Gasteiger partial charge < -0.3 is 10.2 Å². The van der Waals surface area contributed by atoms with Gasteiger partial charge in [-0.25, -0.2) is 4.90 Å². The molecule has 0 fully saturated rings. The number of amides is 2. The number of hydrogen-bond acceptors (Lipinski definition) is 4. The quantitative estimate of drug-likeness (QED) is 0.674. The maximum Gasteiger partial charge on any atom is 0.266 e. The maximum absolute atomic E-state index is 12.5. The van der Waals surface area contributed by atoms with Crippen LogP contribution in [-0.4, -0.2) is 22.0 Å². The molecule has 1 aliphatic rings. The van der Waals surface area contributed by atoms with Crippen LogP contribution in [-0.2, 0) is 6.42 Å². The lowest BCUT2D eigenvalue weighted by molar-refractivity contribution is 0.0925. The molecule has 110 valence electrons. The van der Waals surface area contributed by atoms with Gasteiger partial charge in [-0.05, 0) is 48.4 Å². The normalized spacial score (nSPS) is 13.4. The highest BCUT2D eigenvalue weighted by Gasteiger charge is 2.37. The summed E-state index contributed by atoms with van der Waals surface area (Å²) in [6.07, 6.45) is 2.03. The number of rotatable bonds is 3. The zero-order valence-electron chi connectivity index (χ0n) is 11.6. The third-order valence-electron chi connectivity index (χ3n) is 3.54. The zero-order chi connectivity index (χ0) is 15.9. The van der Waals surface area contributed by atoms with Crippen molar-refractivity contribution < 1.29 is 19.8 Å². The van der Waals surface area contributed by atoms with Crippen molar-refractivity contribution in [2.75, 3.05) is 4.90 Å². The lowest BCUT2D eigenvalue weighted by Gasteiger charge is -2.17. The summed E-state index contributed by atoms with van der Waals surface area (Å²) >= 11 is 0. The molecular weight excluding hydrogens is 282 g/mol. The predicted octanol–water partition coefficient (Wildman–Crippen LogP) is 2.63. The van der Waals surface area contributed by atoms with Crippen LogP contribution in [0, 0.1) is 0 Å². The van der Waals surface area contributed by atoms with Crippen molar-refractivity contribution in [3.8, 4) is 11.5 Å². The number of fused-ring (bicyclic) bond motifs is 1. The Morgan fingerprint density at radius 3 is 2.32 bits per heavy atom. The summed E-state index contributed by atoms with van der Waals surface area (Å²) in [4.78, 5) is 26.1. The summed E-state index contributed by atoms with van der Waals surface area (Å²) in [5, 5.41) is 19.1. The third-order valence-corrected chi connectivity index (χ3v) is 3.54. The standard InChI is InChI=1S/C17H13NO4/c1-2-3-10-8-11(19)5-7-15(10)18-16(21)13-6-4-12(20)9-14(13)17(18)22/h2,4-9,19-20H,1,3H2. The van der Waals surface area contributed by atoms with E-state index in [2.05, 4.69) is 6.58 Å². The monoisotopic (exact) mass is 295 g/mol. The highest BCUT2D eigenvalue weighted by atomic mass is 16.3. The van der Waals surface area contributed by atoms with E-state index in [-0.39, 0.29) is 22.6 Å². The van der Waals surface area contributed by atoms with Crippen LogP contribution >= 0.6 is 0 Å². The molecular formula is C17H13NO4. The molecule has 0 radical (unpaired) electrons. The van der Waals surface area contributed by atoms with E-state index < -0.39 is 11.8 Å². The fraction of sp³-hybridized carbons (Fsp3) is 0.0588. The van der Waals surface area contributed by atoms with Crippen LogP contribution in [0.1, 0.15) is 26.3 Å². The van der Waals surface area contributed by atoms with Crippen molar-refractivity contribution >= 4 is 17.5 Å². The molecule has 0 atom stereocenters. The second-order valence-corrected chi connectivity index (χ2v) is 4.98. The molecule has 2 aromatic carbocycles. The smallest absolute Gasteiger partial charge is 0.266 e. The number of benzene rings is 2. The number of nitrogens with zero attached hydrogens (tertiary/aromatic N) is 1. The Kier molecular flexibility index (Phi) is 3.18. The Morgan fingerprint density at radius 1 is 0.955 bits per heavy atom. The summed E-state index contributed by atoms with van der Waals surface area (Å²) in [7, 11) is 0. The summed E-state index contributed by atoms with van der Waals surface area (Å²) in [6.45, 7) is 3.64. The van der Waals surface area contributed by atoms with Crippen molar-refractivity contribution in [3.05, 3.63) is 65.7 Å². The average Bonchev–Trinajstić information content (AvgIpc) is 2.72. The molecule has 0 aliphatic carbocycles. The van der Waals surface area contributed by atoms with Crippen molar-refractivity contribution in [2.24, 2.45) is 0 Å². The first-order valence-electron chi connectivity index (χ1n) is 6.67. The molecule has 1 heterocycles. The van der Waals surface area contributed by atoms with Crippen molar-refractivity contribution in [1.82, 2.24) is 0 Å². The van der Waals surface area contributed by atoms with Gasteiger partial charge in [0.1, 0.15) is 11.5 Å². The molecule has 0 aromatic heterocycles. The predicted molar refractivity (Wildman–Crippen MR) is 81.3 cm³/mol. The number of phenols is 2. The number of carbonyl (C=O) groups excluding carboxylic acids is 2. The molecule has 2 amide bonds. The Morgan fingerprint density at radius 2 is 1.59 bits per heavy atom. The Bertz CT molecular complexity index is 810. The number of anilines is 1. The van der Waals surface area contributed by atoms with E-state index in [9.17, 15) is 19.8 Å². The van der Waals surface area contributed by atoms with Crippen molar-refractivity contribution in [1.29, 1.82) is 0 Å². The highest BCUT2D eigenvalue weighted by Crippen LogP contribution is 2.34. The van der Waals surface area contributed by atoms with Crippen LogP contribution in [0.25, 0.3) is 0 Å². The van der Waals surface area contributed by atoms with Crippen LogP contribution < -0.4 is 4.90 Å². The fourth-order valence-corrected chi connectivity index (χ4v) is 2.56. The van der Waals surface area contributed by atoms with E-state index in [1.807, 2.05) is 0 Å². The highest BCUT2D eigenvalue weighted by molar-refractivity contribution is 6.34. The van der Waals surface area contributed by atoms with Crippen LogP contribution in [0.4, 0.5) is 5.69 Å². The Hall–Kier alpha value is -3.08. The average molecular weight is 295 g/mol. The zero-order valence-corrected chi connectivity index (χ0v) is 11.6. The first-order chi connectivity index (χ1) is 10.5. The molecule has 0 spiro atoms. The molecule has 0 saturated carbocycles. The van der Waals surface area contributed by atoms with Gasteiger partial charge in [0.25, 0.3) is 11.8 Å². The minimum absolute atomic E-state index is 0.0508. The van der Waals surface area contributed by atoms with Gasteiger partial charge in [0.15, 0.2) is 0 Å².